The van der Waals surface area contributed by atoms with Crippen LogP contribution < -0.4 is 0 Å². The minimum absolute atomic E-state index is 0.135. The molecule has 3 heterocycles. The number of nitrogens with zero attached hydrogens (tertiary/aromatic N) is 3. The van der Waals surface area contributed by atoms with Crippen molar-refractivity contribution in [2.75, 3.05) is 26.3 Å². The first-order valence-electron chi connectivity index (χ1n) is 8.52. The van der Waals surface area contributed by atoms with Gasteiger partial charge in [0.25, 0.3) is 5.91 Å². The summed E-state index contributed by atoms with van der Waals surface area (Å²) in [4.78, 5) is 17.1. The zero-order valence-electron chi connectivity index (χ0n) is 14.2. The Kier molecular flexibility index (Phi) is 4.24. The van der Waals surface area contributed by atoms with Gasteiger partial charge in [-0.25, -0.2) is 0 Å². The van der Waals surface area contributed by atoms with Gasteiger partial charge in [0.1, 0.15) is 11.6 Å². The van der Waals surface area contributed by atoms with Crippen LogP contribution in [0.4, 0.5) is 0 Å². The number of ether oxygens (including phenoxy) is 1. The summed E-state index contributed by atoms with van der Waals surface area (Å²) in [5.74, 6) is -0.135. The second-order valence-corrected chi connectivity index (χ2v) is 7.55. The molecule has 0 aromatic rings. The highest BCUT2D eigenvalue weighted by molar-refractivity contribution is 5.98. The van der Waals surface area contributed by atoms with Crippen molar-refractivity contribution in [2.24, 2.45) is 0 Å². The Morgan fingerprint density at radius 3 is 2.43 bits per heavy atom. The van der Waals surface area contributed by atoms with Crippen LogP contribution in [0, 0.1) is 18.3 Å². The van der Waals surface area contributed by atoms with Crippen molar-refractivity contribution < 1.29 is 9.53 Å². The highest BCUT2D eigenvalue weighted by atomic mass is 16.5. The van der Waals surface area contributed by atoms with E-state index in [4.69, 9.17) is 4.74 Å². The average molecular weight is 316 g/mol. The maximum Gasteiger partial charge on any atom is 0.264 e. The van der Waals surface area contributed by atoms with Crippen molar-refractivity contribution in [3.05, 3.63) is 18.6 Å². The molecule has 0 aliphatic carbocycles. The summed E-state index contributed by atoms with van der Waals surface area (Å²) in [5.41, 5.74) is -0.374. The molecule has 0 atom stereocenters. The lowest BCUT2D eigenvalue weighted by Crippen LogP contribution is -2.49. The van der Waals surface area contributed by atoms with E-state index < -0.39 is 0 Å². The van der Waals surface area contributed by atoms with Crippen LogP contribution in [0.25, 0.3) is 0 Å². The fourth-order valence-electron chi connectivity index (χ4n) is 4.26. The van der Waals surface area contributed by atoms with Crippen LogP contribution in [0.2, 0.25) is 0 Å². The zero-order valence-corrected chi connectivity index (χ0v) is 14.2. The van der Waals surface area contributed by atoms with Gasteiger partial charge >= 0.3 is 0 Å². The highest BCUT2D eigenvalue weighted by Crippen LogP contribution is 2.46. The summed E-state index contributed by atoms with van der Waals surface area (Å²) in [5, 5.41) is 9.57. The lowest BCUT2D eigenvalue weighted by Gasteiger charge is -2.39. The van der Waals surface area contributed by atoms with E-state index in [9.17, 15) is 10.1 Å². The van der Waals surface area contributed by atoms with Gasteiger partial charge in [-0.05, 0) is 52.5 Å². The molecule has 0 unspecified atom stereocenters. The molecule has 0 aromatic heterocycles. The molecule has 0 N–H and O–H groups in total. The Bertz CT molecular complexity index is 547. The lowest BCUT2D eigenvalue weighted by atomic mass is 9.90. The Hall–Kier alpha value is -1.38. The van der Waals surface area contributed by atoms with Gasteiger partial charge in [0.2, 0.25) is 0 Å². The number of carbonyl (C=O) groups is 1. The van der Waals surface area contributed by atoms with Crippen LogP contribution in [-0.2, 0) is 9.53 Å². The number of nitriles is 1. The fraction of sp³-hybridized carbons (Fsp3) is 0.722. The van der Waals surface area contributed by atoms with E-state index in [2.05, 4.69) is 31.7 Å². The standard InChI is InChI=1S/C18H26N3O2/c1-17(2,20-8-10-23-11-9-20)12-14(13-19)16(22)21-15-4-6-18(21,3)7-5-15/h12,15H,3-11H2,1-2H3. The van der Waals surface area contributed by atoms with Crippen molar-refractivity contribution in [3.8, 4) is 6.07 Å². The third kappa shape index (κ3) is 2.90. The predicted molar refractivity (Wildman–Crippen MR) is 87.4 cm³/mol. The molecular formula is C18H26N3O2. The number of hydrogen-bond acceptors (Lipinski definition) is 4. The first-order valence-corrected chi connectivity index (χ1v) is 8.52. The number of amides is 1. The smallest absolute Gasteiger partial charge is 0.264 e. The number of rotatable bonds is 3. The van der Waals surface area contributed by atoms with Gasteiger partial charge in [-0.3, -0.25) is 9.69 Å². The molecule has 3 fully saturated rings. The monoisotopic (exact) mass is 316 g/mol. The largest absolute Gasteiger partial charge is 0.379 e. The molecule has 125 valence electrons. The molecule has 3 rings (SSSR count). The normalized spacial score (nSPS) is 32.2. The Labute approximate surface area is 138 Å². The maximum absolute atomic E-state index is 13.0. The molecule has 5 nitrogen and oxygen atoms in total. The zero-order chi connectivity index (χ0) is 16.7. The summed E-state index contributed by atoms with van der Waals surface area (Å²) in [7, 11) is 0. The summed E-state index contributed by atoms with van der Waals surface area (Å²) in [6.07, 6.45) is 5.77. The van der Waals surface area contributed by atoms with E-state index in [0.717, 1.165) is 38.8 Å². The molecule has 3 aliphatic rings. The summed E-state index contributed by atoms with van der Waals surface area (Å²) in [6.45, 7) is 11.4. The predicted octanol–water partition coefficient (Wildman–Crippen LogP) is 1.90. The topological polar surface area (TPSA) is 56.6 Å². The molecule has 5 heteroatoms. The van der Waals surface area contributed by atoms with Gasteiger partial charge in [0.15, 0.2) is 0 Å². The fourth-order valence-corrected chi connectivity index (χ4v) is 4.26. The third-order valence-electron chi connectivity index (χ3n) is 5.66. The Balaban J connectivity index is 1.81. The first-order chi connectivity index (χ1) is 10.9. The van der Waals surface area contributed by atoms with Crippen LogP contribution >= 0.6 is 0 Å². The highest BCUT2D eigenvalue weighted by Gasteiger charge is 2.51. The van der Waals surface area contributed by atoms with Crippen LogP contribution in [0.3, 0.4) is 0 Å². The van der Waals surface area contributed by atoms with Crippen molar-refractivity contribution in [1.82, 2.24) is 9.80 Å². The van der Waals surface area contributed by atoms with Crippen molar-refractivity contribution in [1.29, 1.82) is 5.26 Å². The van der Waals surface area contributed by atoms with Crippen LogP contribution in [-0.4, -0.2) is 59.1 Å². The van der Waals surface area contributed by atoms with Gasteiger partial charge in [0.05, 0.1) is 13.2 Å². The minimum atomic E-state index is -0.336. The van der Waals surface area contributed by atoms with Gasteiger partial charge in [-0.15, -0.1) is 0 Å². The minimum Gasteiger partial charge on any atom is -0.379 e. The molecule has 0 spiro atoms. The van der Waals surface area contributed by atoms with Gasteiger partial charge < -0.3 is 9.64 Å². The second-order valence-electron chi connectivity index (χ2n) is 7.55. The molecule has 3 aliphatic heterocycles. The molecule has 3 saturated heterocycles. The second kappa shape index (κ2) is 5.92. The van der Waals surface area contributed by atoms with E-state index >= 15 is 0 Å². The Morgan fingerprint density at radius 1 is 1.35 bits per heavy atom. The third-order valence-corrected chi connectivity index (χ3v) is 5.66. The van der Waals surface area contributed by atoms with Crippen LogP contribution in [0.15, 0.2) is 11.6 Å². The lowest BCUT2D eigenvalue weighted by molar-refractivity contribution is -0.129. The molecular weight excluding hydrogens is 290 g/mol. The molecule has 2 bridgehead atoms. The molecule has 0 aromatic carbocycles. The summed E-state index contributed by atoms with van der Waals surface area (Å²) < 4.78 is 5.39. The summed E-state index contributed by atoms with van der Waals surface area (Å²) in [6, 6.07) is 2.41. The summed E-state index contributed by atoms with van der Waals surface area (Å²) >= 11 is 0. The van der Waals surface area contributed by atoms with E-state index in [1.54, 1.807) is 0 Å². The van der Waals surface area contributed by atoms with Crippen LogP contribution in [0.1, 0.15) is 39.5 Å². The van der Waals surface area contributed by atoms with E-state index in [1.807, 2.05) is 11.0 Å². The van der Waals surface area contributed by atoms with E-state index in [1.165, 1.54) is 0 Å². The van der Waals surface area contributed by atoms with Crippen molar-refractivity contribution >= 4 is 5.91 Å². The maximum atomic E-state index is 13.0. The molecule has 1 radical (unpaired) electrons. The number of carbonyl (C=O) groups excluding carboxylic acids is 1. The van der Waals surface area contributed by atoms with Crippen LogP contribution in [0.5, 0.6) is 0 Å². The Morgan fingerprint density at radius 2 is 1.96 bits per heavy atom. The average Bonchev–Trinajstić information content (AvgIpc) is 3.05. The van der Waals surface area contributed by atoms with Gasteiger partial charge in [0, 0.05) is 30.2 Å². The molecule has 0 saturated carbocycles. The van der Waals surface area contributed by atoms with Crippen molar-refractivity contribution in [3.63, 3.8) is 0 Å². The van der Waals surface area contributed by atoms with Crippen molar-refractivity contribution in [2.45, 2.75) is 56.7 Å². The van der Waals surface area contributed by atoms with Gasteiger partial charge in [-0.2, -0.15) is 5.26 Å². The SMILES string of the molecule is [CH2]C12CCC(CC1)N2C(=O)C(C#N)=CC(C)(C)N1CCOCC1. The quantitative estimate of drug-likeness (QED) is 0.589. The molecule has 1 amide bonds. The number of morpholine rings is 1. The molecule has 23 heavy (non-hydrogen) atoms. The number of hydrogen-bond donors (Lipinski definition) is 0. The van der Waals surface area contributed by atoms with Gasteiger partial charge in [-0.1, -0.05) is 0 Å². The van der Waals surface area contributed by atoms with E-state index in [0.29, 0.717) is 13.2 Å². The number of fused-ring (bicyclic) bond motifs is 2. The van der Waals surface area contributed by atoms with E-state index in [-0.39, 0.29) is 28.6 Å². The first kappa shape index (κ1) is 16.5.